The highest BCUT2D eigenvalue weighted by molar-refractivity contribution is 7.89. The van der Waals surface area contributed by atoms with Crippen molar-refractivity contribution in [2.24, 2.45) is 5.92 Å². The third kappa shape index (κ3) is 4.86. The molecule has 7 nitrogen and oxygen atoms in total. The first-order chi connectivity index (χ1) is 14.2. The van der Waals surface area contributed by atoms with E-state index in [2.05, 4.69) is 18.4 Å². The molecule has 1 fully saturated rings. The van der Waals surface area contributed by atoms with E-state index in [1.54, 1.807) is 12.1 Å². The molecular formula is C22H34N4O3S. The molecule has 0 radical (unpaired) electrons. The summed E-state index contributed by atoms with van der Waals surface area (Å²) in [7, 11) is -0.459. The predicted octanol–water partition coefficient (Wildman–Crippen LogP) is 3.28. The van der Waals surface area contributed by atoms with Gasteiger partial charge >= 0.3 is 0 Å². The van der Waals surface area contributed by atoms with Crippen molar-refractivity contribution in [1.82, 2.24) is 18.8 Å². The standard InChI is InChI=1S/C22H34N4O3S/c1-5-6-13-26-20-8-7-18(30(28,29)24(3)4)16-19(20)23-21(26)9-10-22(27)25-14-11-17(2)12-15-25/h7-8,16-17H,5-6,9-15H2,1-4H3. The van der Waals surface area contributed by atoms with Crippen LogP contribution in [0.15, 0.2) is 23.1 Å². The van der Waals surface area contributed by atoms with E-state index in [0.717, 1.165) is 56.7 Å². The molecule has 2 heterocycles. The van der Waals surface area contributed by atoms with Crippen LogP contribution in [0.5, 0.6) is 0 Å². The molecule has 0 N–H and O–H groups in total. The molecule has 0 aliphatic carbocycles. The van der Waals surface area contributed by atoms with Gasteiger partial charge in [0.2, 0.25) is 15.9 Å². The summed E-state index contributed by atoms with van der Waals surface area (Å²) in [6.45, 7) is 6.89. The summed E-state index contributed by atoms with van der Waals surface area (Å²) in [5.41, 5.74) is 1.60. The number of fused-ring (bicyclic) bond motifs is 1. The highest BCUT2D eigenvalue weighted by Crippen LogP contribution is 2.24. The summed E-state index contributed by atoms with van der Waals surface area (Å²) in [5.74, 6) is 1.74. The largest absolute Gasteiger partial charge is 0.343 e. The molecule has 166 valence electrons. The second-order valence-electron chi connectivity index (χ2n) is 8.53. The molecular weight excluding hydrogens is 400 g/mol. The normalized spacial score (nSPS) is 16.0. The number of hydrogen-bond donors (Lipinski definition) is 0. The number of nitrogens with zero attached hydrogens (tertiary/aromatic N) is 4. The van der Waals surface area contributed by atoms with Crippen LogP contribution in [-0.4, -0.2) is 60.3 Å². The number of benzene rings is 1. The minimum atomic E-state index is -3.51. The lowest BCUT2D eigenvalue weighted by Gasteiger charge is -2.30. The summed E-state index contributed by atoms with van der Waals surface area (Å²) in [6, 6.07) is 5.13. The number of piperidine rings is 1. The van der Waals surface area contributed by atoms with Crippen LogP contribution in [-0.2, 0) is 27.8 Å². The number of carbonyl (C=O) groups is 1. The van der Waals surface area contributed by atoms with Gasteiger partial charge in [-0.3, -0.25) is 4.79 Å². The first kappa shape index (κ1) is 22.7. The van der Waals surface area contributed by atoms with Crippen LogP contribution < -0.4 is 0 Å². The zero-order valence-corrected chi connectivity index (χ0v) is 19.4. The number of hydrogen-bond acceptors (Lipinski definition) is 4. The Kier molecular flexibility index (Phi) is 7.18. The van der Waals surface area contributed by atoms with Crippen molar-refractivity contribution in [2.75, 3.05) is 27.2 Å². The van der Waals surface area contributed by atoms with Crippen molar-refractivity contribution in [3.05, 3.63) is 24.0 Å². The Balaban J connectivity index is 1.84. The number of aromatic nitrogens is 2. The lowest BCUT2D eigenvalue weighted by atomic mass is 9.99. The van der Waals surface area contributed by atoms with Gasteiger partial charge in [-0.1, -0.05) is 20.3 Å². The van der Waals surface area contributed by atoms with E-state index in [4.69, 9.17) is 4.98 Å². The highest BCUT2D eigenvalue weighted by atomic mass is 32.2. The Morgan fingerprint density at radius 3 is 2.57 bits per heavy atom. The third-order valence-corrected chi connectivity index (χ3v) is 7.82. The molecule has 0 bridgehead atoms. The number of imidazole rings is 1. The summed E-state index contributed by atoms with van der Waals surface area (Å²) in [5, 5.41) is 0. The molecule has 1 aliphatic rings. The van der Waals surface area contributed by atoms with Gasteiger partial charge in [0.1, 0.15) is 5.82 Å². The molecule has 8 heteroatoms. The maximum atomic E-state index is 12.7. The predicted molar refractivity (Wildman–Crippen MR) is 119 cm³/mol. The topological polar surface area (TPSA) is 75.5 Å². The third-order valence-electron chi connectivity index (χ3n) is 6.01. The molecule has 0 unspecified atom stereocenters. The fraction of sp³-hybridized carbons (Fsp3) is 0.636. The first-order valence-electron chi connectivity index (χ1n) is 10.9. The molecule has 3 rings (SSSR count). The van der Waals surface area contributed by atoms with Crippen molar-refractivity contribution in [3.63, 3.8) is 0 Å². The van der Waals surface area contributed by atoms with Crippen molar-refractivity contribution in [3.8, 4) is 0 Å². The minimum Gasteiger partial charge on any atom is -0.343 e. The zero-order valence-electron chi connectivity index (χ0n) is 18.6. The summed E-state index contributed by atoms with van der Waals surface area (Å²) >= 11 is 0. The van der Waals surface area contributed by atoms with Gasteiger partial charge in [-0.2, -0.15) is 0 Å². The smallest absolute Gasteiger partial charge is 0.242 e. The van der Waals surface area contributed by atoms with Gasteiger partial charge in [0.15, 0.2) is 0 Å². The number of carbonyl (C=O) groups excluding carboxylic acids is 1. The van der Waals surface area contributed by atoms with Gasteiger partial charge in [0.05, 0.1) is 15.9 Å². The summed E-state index contributed by atoms with van der Waals surface area (Å²) in [4.78, 5) is 19.6. The van der Waals surface area contributed by atoms with Crippen LogP contribution in [0.3, 0.4) is 0 Å². The van der Waals surface area contributed by atoms with Gasteiger partial charge in [0.25, 0.3) is 0 Å². The number of sulfonamides is 1. The molecule has 2 aromatic rings. The van der Waals surface area contributed by atoms with Crippen molar-refractivity contribution in [1.29, 1.82) is 0 Å². The molecule has 1 amide bonds. The zero-order chi connectivity index (χ0) is 21.9. The van der Waals surface area contributed by atoms with E-state index in [-0.39, 0.29) is 10.8 Å². The van der Waals surface area contributed by atoms with Crippen LogP contribution in [0.1, 0.15) is 51.8 Å². The molecule has 1 saturated heterocycles. The monoisotopic (exact) mass is 434 g/mol. The molecule has 1 aliphatic heterocycles. The molecule has 1 aromatic heterocycles. The minimum absolute atomic E-state index is 0.187. The second kappa shape index (κ2) is 9.47. The van der Waals surface area contributed by atoms with Gasteiger partial charge in [-0.05, 0) is 43.4 Å². The Bertz CT molecular complexity index is 989. The molecule has 30 heavy (non-hydrogen) atoms. The number of amides is 1. The SMILES string of the molecule is CCCCn1c(CCC(=O)N2CCC(C)CC2)nc2cc(S(=O)(=O)N(C)C)ccc21. The maximum absolute atomic E-state index is 12.7. The van der Waals surface area contributed by atoms with Gasteiger partial charge in [-0.25, -0.2) is 17.7 Å². The molecule has 0 atom stereocenters. The van der Waals surface area contributed by atoms with Crippen LogP contribution in [0.2, 0.25) is 0 Å². The fourth-order valence-corrected chi connectivity index (χ4v) is 4.84. The van der Waals surface area contributed by atoms with Crippen LogP contribution in [0, 0.1) is 5.92 Å². The van der Waals surface area contributed by atoms with Crippen LogP contribution in [0.4, 0.5) is 0 Å². The first-order valence-corrected chi connectivity index (χ1v) is 12.4. The van der Waals surface area contributed by atoms with Crippen LogP contribution >= 0.6 is 0 Å². The average Bonchev–Trinajstić information content (AvgIpc) is 3.07. The lowest BCUT2D eigenvalue weighted by molar-refractivity contribution is -0.132. The quantitative estimate of drug-likeness (QED) is 0.639. The average molecular weight is 435 g/mol. The van der Waals surface area contributed by atoms with Crippen molar-refractivity contribution < 1.29 is 13.2 Å². The Morgan fingerprint density at radius 2 is 1.93 bits per heavy atom. The number of aryl methyl sites for hydroxylation is 2. The van der Waals surface area contributed by atoms with Crippen LogP contribution in [0.25, 0.3) is 11.0 Å². The lowest BCUT2D eigenvalue weighted by Crippen LogP contribution is -2.38. The second-order valence-corrected chi connectivity index (χ2v) is 10.7. The number of unbranched alkanes of at least 4 members (excludes halogenated alkanes) is 1. The van der Waals surface area contributed by atoms with E-state index in [1.165, 1.54) is 18.4 Å². The Morgan fingerprint density at radius 1 is 1.23 bits per heavy atom. The highest BCUT2D eigenvalue weighted by Gasteiger charge is 2.22. The van der Waals surface area contributed by atoms with Gasteiger partial charge in [-0.15, -0.1) is 0 Å². The van der Waals surface area contributed by atoms with E-state index in [0.29, 0.717) is 24.3 Å². The Hall–Kier alpha value is -1.93. The number of rotatable bonds is 8. The number of likely N-dealkylation sites (tertiary alicyclic amines) is 1. The summed E-state index contributed by atoms with van der Waals surface area (Å²) in [6.07, 6.45) is 5.21. The van der Waals surface area contributed by atoms with Gasteiger partial charge < -0.3 is 9.47 Å². The fourth-order valence-electron chi connectivity index (χ4n) is 3.92. The molecule has 0 spiro atoms. The Labute approximate surface area is 180 Å². The summed E-state index contributed by atoms with van der Waals surface area (Å²) < 4.78 is 28.3. The van der Waals surface area contributed by atoms with E-state index in [1.807, 2.05) is 11.0 Å². The molecule has 0 saturated carbocycles. The van der Waals surface area contributed by atoms with Crippen molar-refractivity contribution in [2.45, 2.75) is 63.8 Å². The van der Waals surface area contributed by atoms with E-state index >= 15 is 0 Å². The van der Waals surface area contributed by atoms with E-state index < -0.39 is 10.0 Å². The van der Waals surface area contributed by atoms with Gasteiger partial charge in [0, 0.05) is 46.6 Å². The van der Waals surface area contributed by atoms with E-state index in [9.17, 15) is 13.2 Å². The molecule has 1 aromatic carbocycles. The van der Waals surface area contributed by atoms with Crippen molar-refractivity contribution >= 4 is 27.0 Å². The maximum Gasteiger partial charge on any atom is 0.242 e.